The van der Waals surface area contributed by atoms with Crippen LogP contribution in [0.25, 0.3) is 0 Å². The fraction of sp³-hybridized carbons (Fsp3) is 0.421. The largest absolute Gasteiger partial charge is 0.508 e. The van der Waals surface area contributed by atoms with Crippen molar-refractivity contribution in [2.75, 3.05) is 19.6 Å². The average molecular weight is 339 g/mol. The van der Waals surface area contributed by atoms with Crippen molar-refractivity contribution in [1.82, 2.24) is 14.9 Å². The first-order valence-electron chi connectivity index (χ1n) is 8.63. The van der Waals surface area contributed by atoms with Crippen molar-refractivity contribution >= 4 is 5.78 Å². The van der Waals surface area contributed by atoms with E-state index in [1.165, 1.54) is 6.33 Å². The predicted molar refractivity (Wildman–Crippen MR) is 91.5 cm³/mol. The summed E-state index contributed by atoms with van der Waals surface area (Å²) < 4.78 is 5.97. The number of carbonyl (C=O) groups excluding carboxylic acids is 1. The number of fused-ring (bicyclic) bond motifs is 1. The van der Waals surface area contributed by atoms with E-state index in [2.05, 4.69) is 14.9 Å². The van der Waals surface area contributed by atoms with Crippen LogP contribution in [0.15, 0.2) is 43.0 Å². The number of phenols is 1. The van der Waals surface area contributed by atoms with Gasteiger partial charge in [0.2, 0.25) is 0 Å². The SMILES string of the molecule is O=C(CN1C[C@H]2C[C@@H](Oc3cncnc3)C[C@H]2C1)c1ccc(O)cc1. The highest BCUT2D eigenvalue weighted by molar-refractivity contribution is 5.97. The molecular formula is C19H21N3O3. The Morgan fingerprint density at radius 3 is 2.40 bits per heavy atom. The van der Waals surface area contributed by atoms with Crippen LogP contribution in [0.4, 0.5) is 0 Å². The van der Waals surface area contributed by atoms with Crippen LogP contribution >= 0.6 is 0 Å². The molecule has 0 spiro atoms. The Balaban J connectivity index is 1.29. The number of hydrogen-bond donors (Lipinski definition) is 1. The van der Waals surface area contributed by atoms with Gasteiger partial charge in [-0.05, 0) is 48.9 Å². The Morgan fingerprint density at radius 1 is 1.12 bits per heavy atom. The topological polar surface area (TPSA) is 75.6 Å². The van der Waals surface area contributed by atoms with Crippen molar-refractivity contribution in [3.05, 3.63) is 48.5 Å². The van der Waals surface area contributed by atoms with Crippen LogP contribution in [-0.2, 0) is 0 Å². The summed E-state index contributed by atoms with van der Waals surface area (Å²) in [5, 5.41) is 9.32. The molecule has 1 N–H and O–H groups in total. The first-order chi connectivity index (χ1) is 12.2. The number of nitrogens with zero attached hydrogens (tertiary/aromatic N) is 3. The highest BCUT2D eigenvalue weighted by atomic mass is 16.5. The van der Waals surface area contributed by atoms with Crippen molar-refractivity contribution in [3.63, 3.8) is 0 Å². The molecule has 1 aromatic carbocycles. The number of ketones is 1. The molecule has 2 fully saturated rings. The summed E-state index contributed by atoms with van der Waals surface area (Å²) in [6, 6.07) is 6.48. The molecule has 0 amide bonds. The van der Waals surface area contributed by atoms with Gasteiger partial charge in [0.05, 0.1) is 25.0 Å². The Hall–Kier alpha value is -2.47. The van der Waals surface area contributed by atoms with E-state index in [1.807, 2.05) is 0 Å². The summed E-state index contributed by atoms with van der Waals surface area (Å²) in [6.07, 6.45) is 7.15. The van der Waals surface area contributed by atoms with E-state index >= 15 is 0 Å². The summed E-state index contributed by atoms with van der Waals surface area (Å²) in [6.45, 7) is 2.33. The molecule has 1 aliphatic heterocycles. The van der Waals surface area contributed by atoms with E-state index in [0.29, 0.717) is 23.9 Å². The summed E-state index contributed by atoms with van der Waals surface area (Å²) >= 11 is 0. The van der Waals surface area contributed by atoms with Gasteiger partial charge in [-0.1, -0.05) is 0 Å². The monoisotopic (exact) mass is 339 g/mol. The Kier molecular flexibility index (Phi) is 4.36. The first-order valence-corrected chi connectivity index (χ1v) is 8.63. The van der Waals surface area contributed by atoms with Crippen LogP contribution in [-0.4, -0.2) is 51.5 Å². The normalized spacial score (nSPS) is 25.7. The summed E-state index contributed by atoms with van der Waals surface area (Å²) in [4.78, 5) is 22.6. The second kappa shape index (κ2) is 6.80. The Morgan fingerprint density at radius 2 is 1.76 bits per heavy atom. The molecule has 130 valence electrons. The minimum Gasteiger partial charge on any atom is -0.508 e. The van der Waals surface area contributed by atoms with Crippen LogP contribution in [0, 0.1) is 11.8 Å². The lowest BCUT2D eigenvalue weighted by Gasteiger charge is -2.19. The summed E-state index contributed by atoms with van der Waals surface area (Å²) in [5.74, 6) is 2.19. The molecule has 0 unspecified atom stereocenters. The number of Topliss-reactive ketones (excluding diaryl/α,β-unsaturated/α-hetero) is 1. The van der Waals surface area contributed by atoms with Gasteiger partial charge in [0.25, 0.3) is 0 Å². The molecule has 1 aromatic heterocycles. The van der Waals surface area contributed by atoms with Crippen molar-refractivity contribution in [2.24, 2.45) is 11.8 Å². The predicted octanol–water partition coefficient (Wildman–Crippen LogP) is 2.15. The fourth-order valence-corrected chi connectivity index (χ4v) is 4.05. The fourth-order valence-electron chi connectivity index (χ4n) is 4.05. The lowest BCUT2D eigenvalue weighted by molar-refractivity contribution is 0.0936. The average Bonchev–Trinajstić information content (AvgIpc) is 3.14. The van der Waals surface area contributed by atoms with Gasteiger partial charge in [0.15, 0.2) is 11.5 Å². The lowest BCUT2D eigenvalue weighted by Crippen LogP contribution is -2.30. The molecule has 1 aliphatic carbocycles. The molecular weight excluding hydrogens is 318 g/mol. The second-order valence-electron chi connectivity index (χ2n) is 6.97. The van der Waals surface area contributed by atoms with Gasteiger partial charge in [0.1, 0.15) is 12.1 Å². The number of ether oxygens (including phenoxy) is 1. The number of rotatable bonds is 5. The Bertz CT molecular complexity index is 721. The van der Waals surface area contributed by atoms with E-state index in [9.17, 15) is 9.90 Å². The highest BCUT2D eigenvalue weighted by Crippen LogP contribution is 2.39. The van der Waals surface area contributed by atoms with Gasteiger partial charge >= 0.3 is 0 Å². The quantitative estimate of drug-likeness (QED) is 0.841. The third-order valence-corrected chi connectivity index (χ3v) is 5.18. The molecule has 2 aliphatic rings. The maximum Gasteiger partial charge on any atom is 0.176 e. The van der Waals surface area contributed by atoms with Gasteiger partial charge in [-0.3, -0.25) is 9.69 Å². The number of likely N-dealkylation sites (tertiary alicyclic amines) is 1. The van der Waals surface area contributed by atoms with Crippen molar-refractivity contribution < 1.29 is 14.6 Å². The number of phenolic OH excluding ortho intramolecular Hbond substituents is 1. The van der Waals surface area contributed by atoms with Gasteiger partial charge in [-0.25, -0.2) is 9.97 Å². The van der Waals surface area contributed by atoms with Gasteiger partial charge in [-0.15, -0.1) is 0 Å². The highest BCUT2D eigenvalue weighted by Gasteiger charge is 2.42. The maximum absolute atomic E-state index is 12.4. The van der Waals surface area contributed by atoms with Crippen LogP contribution in [0.1, 0.15) is 23.2 Å². The molecule has 6 nitrogen and oxygen atoms in total. The van der Waals surface area contributed by atoms with Crippen LogP contribution in [0.2, 0.25) is 0 Å². The molecule has 2 heterocycles. The molecule has 0 radical (unpaired) electrons. The number of aromatic hydroxyl groups is 1. The molecule has 3 atom stereocenters. The molecule has 4 rings (SSSR count). The van der Waals surface area contributed by atoms with Crippen molar-refractivity contribution in [3.8, 4) is 11.5 Å². The number of benzene rings is 1. The van der Waals surface area contributed by atoms with Crippen molar-refractivity contribution in [1.29, 1.82) is 0 Å². The van der Waals surface area contributed by atoms with Crippen LogP contribution in [0.3, 0.4) is 0 Å². The Labute approximate surface area is 146 Å². The molecule has 2 aromatic rings. The van der Waals surface area contributed by atoms with Crippen LogP contribution in [0.5, 0.6) is 11.5 Å². The zero-order valence-electron chi connectivity index (χ0n) is 13.9. The zero-order chi connectivity index (χ0) is 17.2. The zero-order valence-corrected chi connectivity index (χ0v) is 13.9. The first kappa shape index (κ1) is 16.0. The van der Waals surface area contributed by atoms with Crippen molar-refractivity contribution in [2.45, 2.75) is 18.9 Å². The minimum absolute atomic E-state index is 0.106. The van der Waals surface area contributed by atoms with Gasteiger partial charge < -0.3 is 9.84 Å². The van der Waals surface area contributed by atoms with E-state index in [0.717, 1.165) is 31.7 Å². The van der Waals surface area contributed by atoms with Gasteiger partial charge in [-0.2, -0.15) is 0 Å². The molecule has 25 heavy (non-hydrogen) atoms. The maximum atomic E-state index is 12.4. The lowest BCUT2D eigenvalue weighted by atomic mass is 10.0. The van der Waals surface area contributed by atoms with Gasteiger partial charge in [0, 0.05) is 18.7 Å². The van der Waals surface area contributed by atoms with E-state index in [1.54, 1.807) is 36.7 Å². The third kappa shape index (κ3) is 3.64. The summed E-state index contributed by atoms with van der Waals surface area (Å²) in [7, 11) is 0. The molecule has 1 saturated carbocycles. The van der Waals surface area contributed by atoms with E-state index in [4.69, 9.17) is 4.74 Å². The van der Waals surface area contributed by atoms with E-state index in [-0.39, 0.29) is 17.6 Å². The van der Waals surface area contributed by atoms with Crippen LogP contribution < -0.4 is 4.74 Å². The smallest absolute Gasteiger partial charge is 0.176 e. The van der Waals surface area contributed by atoms with E-state index < -0.39 is 0 Å². The second-order valence-corrected chi connectivity index (χ2v) is 6.97. The standard InChI is InChI=1S/C19H21N3O3/c23-16-3-1-13(2-4-16)19(24)11-22-9-14-5-17(6-15(14)10-22)25-18-7-20-12-21-8-18/h1-4,7-8,12,14-15,17,23H,5-6,9-11H2/t14-,15+,17-. The molecule has 1 saturated heterocycles. The minimum atomic E-state index is 0.106. The number of aromatic nitrogens is 2. The number of carbonyl (C=O) groups is 1. The molecule has 6 heteroatoms. The number of hydrogen-bond acceptors (Lipinski definition) is 6. The third-order valence-electron chi connectivity index (χ3n) is 5.18. The molecule has 0 bridgehead atoms. The summed E-state index contributed by atoms with van der Waals surface area (Å²) in [5.41, 5.74) is 0.653.